The maximum atomic E-state index is 11.2. The molecule has 2 amide bonds. The lowest BCUT2D eigenvalue weighted by Crippen LogP contribution is -2.33. The van der Waals surface area contributed by atoms with Gasteiger partial charge in [-0.2, -0.15) is 0 Å². The molecule has 96 valence electrons. The van der Waals surface area contributed by atoms with Crippen molar-refractivity contribution < 1.29 is 14.7 Å². The van der Waals surface area contributed by atoms with Crippen molar-refractivity contribution in [2.24, 2.45) is 0 Å². The first-order chi connectivity index (χ1) is 8.56. The zero-order chi connectivity index (χ0) is 13.1. The zero-order valence-corrected chi connectivity index (χ0v) is 10.2. The average molecular weight is 248 g/mol. The lowest BCUT2D eigenvalue weighted by Gasteiger charge is -2.08. The van der Waals surface area contributed by atoms with Gasteiger partial charge >= 0.3 is 0 Å². The van der Waals surface area contributed by atoms with Gasteiger partial charge in [0.1, 0.15) is 6.10 Å². The molecule has 0 fully saturated rings. The van der Waals surface area contributed by atoms with Gasteiger partial charge in [0, 0.05) is 12.2 Å². The third-order valence-corrected chi connectivity index (χ3v) is 2.89. The molecule has 0 aliphatic carbocycles. The molecule has 1 aromatic rings. The van der Waals surface area contributed by atoms with Gasteiger partial charge in [-0.25, -0.2) is 0 Å². The molecule has 1 unspecified atom stereocenters. The number of rotatable bonds is 4. The Kier molecular flexibility index (Phi) is 3.62. The number of carbonyl (C=O) groups excluding carboxylic acids is 2. The van der Waals surface area contributed by atoms with Crippen LogP contribution in [-0.2, 0) is 22.4 Å². The summed E-state index contributed by atoms with van der Waals surface area (Å²) in [6, 6.07) is 5.78. The highest BCUT2D eigenvalue weighted by Gasteiger charge is 2.17. The number of carbonyl (C=O) groups is 2. The fourth-order valence-corrected chi connectivity index (χ4v) is 1.92. The molecule has 1 aromatic carbocycles. The second-order valence-corrected chi connectivity index (χ2v) is 4.43. The molecule has 18 heavy (non-hydrogen) atoms. The lowest BCUT2D eigenvalue weighted by molar-refractivity contribution is -0.128. The predicted octanol–water partition coefficient (Wildman–Crippen LogP) is 0.221. The first-order valence-corrected chi connectivity index (χ1v) is 5.93. The molecule has 0 saturated carbocycles. The average Bonchev–Trinajstić information content (AvgIpc) is 2.68. The van der Waals surface area contributed by atoms with Gasteiger partial charge in [-0.1, -0.05) is 12.1 Å². The van der Waals surface area contributed by atoms with E-state index in [0.29, 0.717) is 19.4 Å². The van der Waals surface area contributed by atoms with Crippen molar-refractivity contribution in [3.8, 4) is 0 Å². The summed E-state index contributed by atoms with van der Waals surface area (Å²) in [5, 5.41) is 14.4. The van der Waals surface area contributed by atoms with E-state index in [0.717, 1.165) is 16.8 Å². The van der Waals surface area contributed by atoms with Crippen LogP contribution in [0.3, 0.4) is 0 Å². The highest BCUT2D eigenvalue weighted by molar-refractivity contribution is 5.99. The van der Waals surface area contributed by atoms with E-state index in [1.807, 2.05) is 18.2 Å². The highest BCUT2D eigenvalue weighted by Crippen LogP contribution is 2.23. The minimum absolute atomic E-state index is 0.0181. The molecule has 3 N–H and O–H groups in total. The van der Waals surface area contributed by atoms with Crippen LogP contribution in [0.5, 0.6) is 0 Å². The Hall–Kier alpha value is -1.88. The number of aliphatic hydroxyl groups excluding tert-OH is 1. The van der Waals surface area contributed by atoms with Crippen LogP contribution in [0, 0.1) is 0 Å². The molecule has 0 spiro atoms. The number of anilines is 1. The van der Waals surface area contributed by atoms with Crippen molar-refractivity contribution >= 4 is 17.5 Å². The fraction of sp³-hybridized carbons (Fsp3) is 0.385. The van der Waals surface area contributed by atoms with Gasteiger partial charge in [0.25, 0.3) is 0 Å². The lowest BCUT2D eigenvalue weighted by atomic mass is 10.1. The molecule has 0 saturated heterocycles. The van der Waals surface area contributed by atoms with E-state index in [1.54, 1.807) is 0 Å². The van der Waals surface area contributed by atoms with Crippen LogP contribution in [0.15, 0.2) is 18.2 Å². The van der Waals surface area contributed by atoms with Crippen LogP contribution in [0.2, 0.25) is 0 Å². The van der Waals surface area contributed by atoms with Crippen molar-refractivity contribution in [3.63, 3.8) is 0 Å². The van der Waals surface area contributed by atoms with Gasteiger partial charge in [0.2, 0.25) is 11.8 Å². The molecule has 5 nitrogen and oxygen atoms in total. The van der Waals surface area contributed by atoms with E-state index in [-0.39, 0.29) is 11.8 Å². The maximum Gasteiger partial charge on any atom is 0.248 e. The van der Waals surface area contributed by atoms with Crippen molar-refractivity contribution in [1.29, 1.82) is 0 Å². The number of fused-ring (bicyclic) bond motifs is 1. The summed E-state index contributed by atoms with van der Waals surface area (Å²) in [5.41, 5.74) is 2.94. The first kappa shape index (κ1) is 12.6. The van der Waals surface area contributed by atoms with Crippen molar-refractivity contribution in [1.82, 2.24) is 5.32 Å². The van der Waals surface area contributed by atoms with Gasteiger partial charge < -0.3 is 15.7 Å². The van der Waals surface area contributed by atoms with Gasteiger partial charge in [0.15, 0.2) is 0 Å². The second-order valence-electron chi connectivity index (χ2n) is 4.43. The minimum Gasteiger partial charge on any atom is -0.384 e. The molecule has 0 bridgehead atoms. The summed E-state index contributed by atoms with van der Waals surface area (Å²) >= 11 is 0. The fourth-order valence-electron chi connectivity index (χ4n) is 1.92. The number of hydrogen-bond donors (Lipinski definition) is 3. The number of amides is 2. The summed E-state index contributed by atoms with van der Waals surface area (Å²) in [6.07, 6.45) is 0.121. The summed E-state index contributed by atoms with van der Waals surface area (Å²) < 4.78 is 0. The van der Waals surface area contributed by atoms with Crippen LogP contribution >= 0.6 is 0 Å². The van der Waals surface area contributed by atoms with E-state index in [2.05, 4.69) is 10.6 Å². The Balaban J connectivity index is 1.90. The SMILES string of the molecule is CC(O)C(=O)NCCc1ccc2c(c1)CC(=O)N2. The van der Waals surface area contributed by atoms with E-state index >= 15 is 0 Å². The van der Waals surface area contributed by atoms with Crippen molar-refractivity contribution in [2.75, 3.05) is 11.9 Å². The third-order valence-electron chi connectivity index (χ3n) is 2.89. The van der Waals surface area contributed by atoms with Gasteiger partial charge in [0.05, 0.1) is 6.42 Å². The third kappa shape index (κ3) is 2.87. The smallest absolute Gasteiger partial charge is 0.248 e. The van der Waals surface area contributed by atoms with Crippen LogP contribution < -0.4 is 10.6 Å². The topological polar surface area (TPSA) is 78.4 Å². The standard InChI is InChI=1S/C13H16N2O3/c1-8(16)13(18)14-5-4-9-2-3-11-10(6-9)7-12(17)15-11/h2-3,6,8,16H,4-5,7H2,1H3,(H,14,18)(H,15,17). The van der Waals surface area contributed by atoms with E-state index in [1.165, 1.54) is 6.92 Å². The Labute approximate surface area is 105 Å². The normalized spacial score (nSPS) is 14.9. The first-order valence-electron chi connectivity index (χ1n) is 5.93. The van der Waals surface area contributed by atoms with Gasteiger partial charge in [-0.3, -0.25) is 9.59 Å². The molecular formula is C13H16N2O3. The second kappa shape index (κ2) is 5.18. The molecular weight excluding hydrogens is 232 g/mol. The number of benzene rings is 1. The molecule has 0 aromatic heterocycles. The van der Waals surface area contributed by atoms with Gasteiger partial charge in [-0.15, -0.1) is 0 Å². The number of nitrogens with one attached hydrogen (secondary N) is 2. The molecule has 1 aliphatic rings. The molecule has 1 aliphatic heterocycles. The molecule has 1 heterocycles. The van der Waals surface area contributed by atoms with Crippen LogP contribution in [0.25, 0.3) is 0 Å². The molecule has 2 rings (SSSR count). The Morgan fingerprint density at radius 2 is 2.33 bits per heavy atom. The van der Waals surface area contributed by atoms with Gasteiger partial charge in [-0.05, 0) is 30.5 Å². The summed E-state index contributed by atoms with van der Waals surface area (Å²) in [6.45, 7) is 1.91. The van der Waals surface area contributed by atoms with E-state index in [9.17, 15) is 9.59 Å². The summed E-state index contributed by atoms with van der Waals surface area (Å²) in [5.74, 6) is -0.349. The predicted molar refractivity (Wildman–Crippen MR) is 67.2 cm³/mol. The van der Waals surface area contributed by atoms with Crippen LogP contribution in [0.4, 0.5) is 5.69 Å². The maximum absolute atomic E-state index is 11.2. The highest BCUT2D eigenvalue weighted by atomic mass is 16.3. The largest absolute Gasteiger partial charge is 0.384 e. The molecule has 5 heteroatoms. The quantitative estimate of drug-likeness (QED) is 0.713. The minimum atomic E-state index is -0.980. The Morgan fingerprint density at radius 1 is 1.56 bits per heavy atom. The Morgan fingerprint density at radius 3 is 3.06 bits per heavy atom. The summed E-state index contributed by atoms with van der Waals surface area (Å²) in [4.78, 5) is 22.3. The van der Waals surface area contributed by atoms with E-state index < -0.39 is 6.10 Å². The molecule has 1 atom stereocenters. The van der Waals surface area contributed by atoms with Crippen molar-refractivity contribution in [3.05, 3.63) is 29.3 Å². The van der Waals surface area contributed by atoms with Crippen molar-refractivity contribution in [2.45, 2.75) is 25.9 Å². The number of hydrogen-bond acceptors (Lipinski definition) is 3. The summed E-state index contributed by atoms with van der Waals surface area (Å²) in [7, 11) is 0. The Bertz CT molecular complexity index is 483. The zero-order valence-electron chi connectivity index (χ0n) is 10.2. The number of aliphatic hydroxyl groups is 1. The molecule has 0 radical (unpaired) electrons. The van der Waals surface area contributed by atoms with Crippen LogP contribution in [0.1, 0.15) is 18.1 Å². The van der Waals surface area contributed by atoms with E-state index in [4.69, 9.17) is 5.11 Å². The monoisotopic (exact) mass is 248 g/mol. The van der Waals surface area contributed by atoms with Crippen LogP contribution in [-0.4, -0.2) is 29.6 Å².